The van der Waals surface area contributed by atoms with Crippen LogP contribution >= 0.6 is 0 Å². The first-order chi connectivity index (χ1) is 11.9. The van der Waals surface area contributed by atoms with Gasteiger partial charge in [0.1, 0.15) is 11.5 Å². The lowest BCUT2D eigenvalue weighted by Crippen LogP contribution is -2.35. The van der Waals surface area contributed by atoms with E-state index in [9.17, 15) is 15.0 Å². The maximum Gasteiger partial charge on any atom is 0.173 e. The van der Waals surface area contributed by atoms with Crippen molar-refractivity contribution < 1.29 is 15.0 Å². The van der Waals surface area contributed by atoms with E-state index in [1.807, 2.05) is 12.1 Å². The molecule has 132 valence electrons. The van der Waals surface area contributed by atoms with Gasteiger partial charge in [-0.15, -0.1) is 0 Å². The summed E-state index contributed by atoms with van der Waals surface area (Å²) in [7, 11) is 0. The highest BCUT2D eigenvalue weighted by molar-refractivity contribution is 6.07. The highest BCUT2D eigenvalue weighted by Crippen LogP contribution is 2.43. The molecule has 2 N–H and O–H groups in total. The molecule has 1 atom stereocenters. The second-order valence-electron chi connectivity index (χ2n) is 7.39. The van der Waals surface area contributed by atoms with Gasteiger partial charge >= 0.3 is 0 Å². The summed E-state index contributed by atoms with van der Waals surface area (Å²) in [5, 5.41) is 19.7. The summed E-state index contributed by atoms with van der Waals surface area (Å²) < 4.78 is 0. The molecule has 0 bridgehead atoms. The molecular weight excluding hydrogens is 312 g/mol. The molecule has 1 aliphatic rings. The lowest BCUT2D eigenvalue weighted by atomic mass is 9.69. The third-order valence-electron chi connectivity index (χ3n) is 5.59. The first kappa shape index (κ1) is 17.5. The van der Waals surface area contributed by atoms with Crippen LogP contribution in [0.25, 0.3) is 0 Å². The highest BCUT2D eigenvalue weighted by Gasteiger charge is 2.42. The zero-order valence-corrected chi connectivity index (χ0v) is 15.2. The zero-order chi connectivity index (χ0) is 18.2. The number of carbonyl (C=O) groups is 1. The number of rotatable bonds is 3. The van der Waals surface area contributed by atoms with Gasteiger partial charge in [-0.05, 0) is 72.6 Å². The van der Waals surface area contributed by atoms with E-state index in [0.29, 0.717) is 6.42 Å². The molecule has 0 aromatic heterocycles. The lowest BCUT2D eigenvalue weighted by Gasteiger charge is -2.32. The first-order valence-corrected chi connectivity index (χ1v) is 9.09. The van der Waals surface area contributed by atoms with E-state index in [2.05, 4.69) is 20.8 Å². The molecular formula is C22H26O3. The molecule has 0 amide bonds. The van der Waals surface area contributed by atoms with Gasteiger partial charge in [0, 0.05) is 5.56 Å². The monoisotopic (exact) mass is 338 g/mol. The number of hydrogen-bond donors (Lipinski definition) is 2. The van der Waals surface area contributed by atoms with Crippen LogP contribution in [-0.2, 0) is 11.8 Å². The summed E-state index contributed by atoms with van der Waals surface area (Å²) in [6.07, 6.45) is 3.19. The van der Waals surface area contributed by atoms with Gasteiger partial charge in [0.25, 0.3) is 0 Å². The van der Waals surface area contributed by atoms with Gasteiger partial charge in [-0.1, -0.05) is 32.9 Å². The number of hydrogen-bond acceptors (Lipinski definition) is 3. The van der Waals surface area contributed by atoms with Gasteiger partial charge < -0.3 is 10.2 Å². The van der Waals surface area contributed by atoms with Gasteiger partial charge in [0.05, 0.1) is 5.41 Å². The average Bonchev–Trinajstić information content (AvgIpc) is 2.72. The summed E-state index contributed by atoms with van der Waals surface area (Å²) in [6, 6.07) is 10.6. The molecule has 0 fully saturated rings. The van der Waals surface area contributed by atoms with Crippen molar-refractivity contribution in [3.63, 3.8) is 0 Å². The second kappa shape index (κ2) is 6.55. The van der Waals surface area contributed by atoms with Crippen LogP contribution in [0.4, 0.5) is 0 Å². The summed E-state index contributed by atoms with van der Waals surface area (Å²) >= 11 is 0. The Morgan fingerprint density at radius 2 is 1.76 bits per heavy atom. The Balaban J connectivity index is 2.22. The molecule has 0 saturated heterocycles. The van der Waals surface area contributed by atoms with Crippen LogP contribution in [0.2, 0.25) is 0 Å². The number of benzene rings is 2. The number of ketones is 1. The van der Waals surface area contributed by atoms with Crippen molar-refractivity contribution >= 4 is 5.78 Å². The molecule has 2 aromatic carbocycles. The molecule has 1 aliphatic carbocycles. The molecule has 3 heteroatoms. The normalized spacial score (nSPS) is 20.4. The van der Waals surface area contributed by atoms with Crippen molar-refractivity contribution in [1.82, 2.24) is 0 Å². The van der Waals surface area contributed by atoms with Crippen molar-refractivity contribution in [2.24, 2.45) is 0 Å². The van der Waals surface area contributed by atoms with E-state index in [0.717, 1.165) is 41.5 Å². The van der Waals surface area contributed by atoms with Crippen LogP contribution in [0.15, 0.2) is 36.4 Å². The predicted octanol–water partition coefficient (Wildman–Crippen LogP) is 5.09. The Labute approximate surface area is 149 Å². The first-order valence-electron chi connectivity index (χ1n) is 9.09. The van der Waals surface area contributed by atoms with Crippen LogP contribution in [0.5, 0.6) is 11.5 Å². The molecule has 0 saturated carbocycles. The van der Waals surface area contributed by atoms with Crippen LogP contribution in [0.1, 0.15) is 73.0 Å². The van der Waals surface area contributed by atoms with Crippen molar-refractivity contribution in [2.45, 2.75) is 57.8 Å². The van der Waals surface area contributed by atoms with Gasteiger partial charge in [0.15, 0.2) is 5.78 Å². The summed E-state index contributed by atoms with van der Waals surface area (Å²) in [5.41, 5.74) is 3.08. The minimum atomic E-state index is -0.570. The Hall–Kier alpha value is -2.29. The summed E-state index contributed by atoms with van der Waals surface area (Å²) in [5.74, 6) is 0.766. The number of aromatic hydroxyl groups is 2. The number of phenolic OH excluding ortho intramolecular Hbond substituents is 2. The lowest BCUT2D eigenvalue weighted by molar-refractivity contribution is 0.0870. The van der Waals surface area contributed by atoms with E-state index < -0.39 is 5.41 Å². The Morgan fingerprint density at radius 3 is 2.36 bits per heavy atom. The fourth-order valence-electron chi connectivity index (χ4n) is 4.17. The van der Waals surface area contributed by atoms with Gasteiger partial charge in [0.2, 0.25) is 0 Å². The van der Waals surface area contributed by atoms with Gasteiger partial charge in [-0.2, -0.15) is 0 Å². The van der Waals surface area contributed by atoms with Crippen molar-refractivity contribution in [3.05, 3.63) is 58.7 Å². The molecule has 0 spiro atoms. The number of aryl methyl sites for hydroxylation is 1. The smallest absolute Gasteiger partial charge is 0.173 e. The highest BCUT2D eigenvalue weighted by atomic mass is 16.3. The number of carbonyl (C=O) groups excluding carboxylic acids is 1. The van der Waals surface area contributed by atoms with Gasteiger partial charge in [-0.3, -0.25) is 4.79 Å². The minimum Gasteiger partial charge on any atom is -0.508 e. The van der Waals surface area contributed by atoms with E-state index in [-0.39, 0.29) is 23.2 Å². The number of Topliss-reactive ketones (excluding diaryl/α,β-unsaturated/α-hetero) is 1. The summed E-state index contributed by atoms with van der Waals surface area (Å²) in [4.78, 5) is 13.8. The minimum absolute atomic E-state index is 0.150. The average molecular weight is 338 g/mol. The molecule has 0 heterocycles. The van der Waals surface area contributed by atoms with Crippen LogP contribution in [0, 0.1) is 0 Å². The fourth-order valence-corrected chi connectivity index (χ4v) is 4.17. The predicted molar refractivity (Wildman–Crippen MR) is 99.5 cm³/mol. The third kappa shape index (κ3) is 2.92. The molecule has 3 rings (SSSR count). The number of phenols is 2. The van der Waals surface area contributed by atoms with E-state index in [1.165, 1.54) is 0 Å². The molecule has 0 radical (unpaired) electrons. The Bertz CT molecular complexity index is 790. The van der Waals surface area contributed by atoms with Gasteiger partial charge in [-0.25, -0.2) is 0 Å². The van der Waals surface area contributed by atoms with E-state index >= 15 is 0 Å². The molecule has 0 aliphatic heterocycles. The van der Waals surface area contributed by atoms with Crippen molar-refractivity contribution in [3.8, 4) is 11.5 Å². The molecule has 1 unspecified atom stereocenters. The quantitative estimate of drug-likeness (QED) is 0.767. The summed E-state index contributed by atoms with van der Waals surface area (Å²) in [6.45, 7) is 6.17. The van der Waals surface area contributed by atoms with Crippen LogP contribution in [-0.4, -0.2) is 16.0 Å². The molecule has 25 heavy (non-hydrogen) atoms. The standard InChI is InChI=1S/C22H26O3/c1-4-22(16-7-9-17(23)10-8-16)11-5-6-15-12-18(24)13-19(14(2)3)20(15)21(22)25/h7-10,12-14,23-24H,4-6,11H2,1-3H3. The van der Waals surface area contributed by atoms with E-state index in [1.54, 1.807) is 24.3 Å². The fraction of sp³-hybridized carbons (Fsp3) is 0.409. The third-order valence-corrected chi connectivity index (χ3v) is 5.59. The SMILES string of the molecule is CCC1(c2ccc(O)cc2)CCCc2cc(O)cc(C(C)C)c2C1=O. The largest absolute Gasteiger partial charge is 0.508 e. The Morgan fingerprint density at radius 1 is 1.08 bits per heavy atom. The Kier molecular flexibility index (Phi) is 4.59. The van der Waals surface area contributed by atoms with Crippen LogP contribution in [0.3, 0.4) is 0 Å². The topological polar surface area (TPSA) is 57.5 Å². The van der Waals surface area contributed by atoms with Crippen molar-refractivity contribution in [2.75, 3.05) is 0 Å². The maximum atomic E-state index is 13.8. The number of fused-ring (bicyclic) bond motifs is 1. The zero-order valence-electron chi connectivity index (χ0n) is 15.2. The molecule has 3 nitrogen and oxygen atoms in total. The maximum absolute atomic E-state index is 13.8. The second-order valence-corrected chi connectivity index (χ2v) is 7.39. The van der Waals surface area contributed by atoms with Crippen LogP contribution < -0.4 is 0 Å². The van der Waals surface area contributed by atoms with Crippen molar-refractivity contribution in [1.29, 1.82) is 0 Å². The van der Waals surface area contributed by atoms with E-state index in [4.69, 9.17) is 0 Å². The molecule has 2 aromatic rings.